The molecule has 26 heavy (non-hydrogen) atoms. The van der Waals surface area contributed by atoms with Crippen molar-refractivity contribution < 1.29 is 9.53 Å². The highest BCUT2D eigenvalue weighted by Gasteiger charge is 2.23. The summed E-state index contributed by atoms with van der Waals surface area (Å²) < 4.78 is 7.15. The predicted octanol–water partition coefficient (Wildman–Crippen LogP) is 2.75. The van der Waals surface area contributed by atoms with Crippen molar-refractivity contribution in [2.45, 2.75) is 33.2 Å². The van der Waals surface area contributed by atoms with Crippen molar-refractivity contribution in [1.82, 2.24) is 19.6 Å². The minimum atomic E-state index is 0.000904. The minimum Gasteiger partial charge on any atom is -0.494 e. The Kier molecular flexibility index (Phi) is 5.61. The topological polar surface area (TPSA) is 50.6 Å². The van der Waals surface area contributed by atoms with Crippen molar-refractivity contribution in [1.29, 1.82) is 0 Å². The van der Waals surface area contributed by atoms with E-state index < -0.39 is 0 Å². The van der Waals surface area contributed by atoms with Crippen molar-refractivity contribution in [3.8, 4) is 11.4 Å². The van der Waals surface area contributed by atoms with Crippen LogP contribution in [0.5, 0.6) is 5.75 Å². The van der Waals surface area contributed by atoms with Crippen LogP contribution in [0.3, 0.4) is 0 Å². The van der Waals surface area contributed by atoms with Gasteiger partial charge in [0.25, 0.3) is 5.91 Å². The van der Waals surface area contributed by atoms with Crippen molar-refractivity contribution in [2.75, 3.05) is 33.3 Å². The lowest BCUT2D eigenvalue weighted by Crippen LogP contribution is -2.37. The number of carbonyl (C=O) groups excluding carboxylic acids is 1. The average Bonchev–Trinajstić information content (AvgIpc) is 2.98. The van der Waals surface area contributed by atoms with Crippen molar-refractivity contribution >= 4 is 5.91 Å². The highest BCUT2D eigenvalue weighted by atomic mass is 16.5. The molecule has 0 unspecified atom stereocenters. The molecule has 1 aromatic carbocycles. The maximum absolute atomic E-state index is 12.9. The maximum Gasteiger partial charge on any atom is 0.274 e. The molecular weight excluding hydrogens is 328 g/mol. The summed E-state index contributed by atoms with van der Waals surface area (Å²) in [6.45, 7) is 9.91. The summed E-state index contributed by atoms with van der Waals surface area (Å²) in [7, 11) is 1.64. The third-order valence-corrected chi connectivity index (χ3v) is 4.94. The summed E-state index contributed by atoms with van der Waals surface area (Å²) in [6.07, 6.45) is 2.82. The fourth-order valence-corrected chi connectivity index (χ4v) is 3.37. The molecule has 2 aromatic rings. The second-order valence-corrected chi connectivity index (χ2v) is 7.10. The second-order valence-electron chi connectivity index (χ2n) is 7.10. The minimum absolute atomic E-state index is 0.000904. The molecule has 1 saturated heterocycles. The number of amides is 1. The number of ether oxygens (including phenoxy) is 1. The van der Waals surface area contributed by atoms with E-state index in [-0.39, 0.29) is 5.91 Å². The van der Waals surface area contributed by atoms with E-state index in [0.717, 1.165) is 49.6 Å². The molecule has 1 aliphatic rings. The molecule has 1 aromatic heterocycles. The molecule has 0 spiro atoms. The van der Waals surface area contributed by atoms with Crippen molar-refractivity contribution in [2.24, 2.45) is 0 Å². The van der Waals surface area contributed by atoms with Crippen LogP contribution in [0, 0.1) is 6.92 Å². The van der Waals surface area contributed by atoms with E-state index in [1.54, 1.807) is 17.9 Å². The third kappa shape index (κ3) is 3.90. The number of rotatable bonds is 4. The molecule has 0 atom stereocenters. The molecule has 6 heteroatoms. The normalized spacial score (nSPS) is 16.0. The van der Waals surface area contributed by atoms with Gasteiger partial charge in [-0.2, -0.15) is 5.10 Å². The van der Waals surface area contributed by atoms with E-state index in [4.69, 9.17) is 4.74 Å². The van der Waals surface area contributed by atoms with Crippen LogP contribution in [0.1, 0.15) is 36.3 Å². The van der Waals surface area contributed by atoms with E-state index in [2.05, 4.69) is 23.8 Å². The van der Waals surface area contributed by atoms with Gasteiger partial charge in [0.2, 0.25) is 0 Å². The molecule has 1 fully saturated rings. The number of nitrogens with zero attached hydrogens (tertiary/aromatic N) is 4. The zero-order valence-electron chi connectivity index (χ0n) is 16.1. The van der Waals surface area contributed by atoms with Gasteiger partial charge >= 0.3 is 0 Å². The fraction of sp³-hybridized carbons (Fsp3) is 0.500. The highest BCUT2D eigenvalue weighted by molar-refractivity contribution is 5.92. The predicted molar refractivity (Wildman–Crippen MR) is 102 cm³/mol. The third-order valence-electron chi connectivity index (χ3n) is 4.94. The van der Waals surface area contributed by atoms with Crippen LogP contribution in [0.25, 0.3) is 5.69 Å². The van der Waals surface area contributed by atoms with Crippen molar-refractivity contribution in [3.05, 3.63) is 41.7 Å². The molecule has 1 amide bonds. The zero-order valence-corrected chi connectivity index (χ0v) is 16.1. The molecule has 140 valence electrons. The molecule has 3 rings (SSSR count). The molecule has 2 heterocycles. The summed E-state index contributed by atoms with van der Waals surface area (Å²) in [6, 6.07) is 8.22. The molecule has 0 radical (unpaired) electrons. The number of aromatic nitrogens is 2. The molecular formula is C20H28N4O2. The lowest BCUT2D eigenvalue weighted by molar-refractivity contribution is 0.0753. The van der Waals surface area contributed by atoms with Crippen LogP contribution < -0.4 is 4.74 Å². The Morgan fingerprint density at radius 1 is 1.15 bits per heavy atom. The van der Waals surface area contributed by atoms with Gasteiger partial charge in [0.1, 0.15) is 11.4 Å². The lowest BCUT2D eigenvalue weighted by atomic mass is 10.2. The Labute approximate surface area is 155 Å². The molecule has 0 aliphatic carbocycles. The van der Waals surface area contributed by atoms with E-state index in [9.17, 15) is 4.79 Å². The van der Waals surface area contributed by atoms with Crippen LogP contribution in [-0.4, -0.2) is 64.8 Å². The summed E-state index contributed by atoms with van der Waals surface area (Å²) >= 11 is 0. The monoisotopic (exact) mass is 356 g/mol. The first-order valence-corrected chi connectivity index (χ1v) is 9.23. The number of carbonyl (C=O) groups is 1. The van der Waals surface area contributed by atoms with Gasteiger partial charge in [-0.3, -0.25) is 9.69 Å². The fourth-order valence-electron chi connectivity index (χ4n) is 3.37. The first-order chi connectivity index (χ1) is 12.5. The van der Waals surface area contributed by atoms with Crippen LogP contribution in [0.4, 0.5) is 0 Å². The summed E-state index contributed by atoms with van der Waals surface area (Å²) in [5.41, 5.74) is 2.44. The first kappa shape index (κ1) is 18.5. The quantitative estimate of drug-likeness (QED) is 0.845. The van der Waals surface area contributed by atoms with Gasteiger partial charge in [-0.1, -0.05) is 6.07 Å². The van der Waals surface area contributed by atoms with Crippen LogP contribution in [0.2, 0.25) is 0 Å². The largest absolute Gasteiger partial charge is 0.494 e. The van der Waals surface area contributed by atoms with Crippen LogP contribution in [0.15, 0.2) is 30.5 Å². The summed E-state index contributed by atoms with van der Waals surface area (Å²) in [4.78, 5) is 17.2. The average molecular weight is 356 g/mol. The Bertz CT molecular complexity index is 769. The Morgan fingerprint density at radius 2 is 1.96 bits per heavy atom. The maximum atomic E-state index is 12.9. The van der Waals surface area contributed by atoms with Gasteiger partial charge in [-0.05, 0) is 51.0 Å². The van der Waals surface area contributed by atoms with Gasteiger partial charge in [-0.25, -0.2) is 4.68 Å². The van der Waals surface area contributed by atoms with Gasteiger partial charge in [0.05, 0.1) is 7.11 Å². The second kappa shape index (κ2) is 7.91. The zero-order chi connectivity index (χ0) is 18.7. The molecule has 0 bridgehead atoms. The smallest absolute Gasteiger partial charge is 0.274 e. The summed E-state index contributed by atoms with van der Waals surface area (Å²) in [5.74, 6) is 0.737. The standard InChI is InChI=1S/C20H28N4O2/c1-15(2)22-9-5-10-23(13-12-22)20(25)17-8-11-24(21-17)18-14-16(3)6-7-19(18)26-4/h6-8,11,14-15H,5,9-10,12-13H2,1-4H3. The number of benzene rings is 1. The molecule has 6 nitrogen and oxygen atoms in total. The highest BCUT2D eigenvalue weighted by Crippen LogP contribution is 2.23. The molecule has 1 aliphatic heterocycles. The number of hydrogen-bond donors (Lipinski definition) is 0. The SMILES string of the molecule is COc1ccc(C)cc1-n1ccc(C(=O)N2CCCN(C(C)C)CC2)n1. The number of hydrogen-bond acceptors (Lipinski definition) is 4. The van der Waals surface area contributed by atoms with E-state index in [1.165, 1.54) is 0 Å². The van der Waals surface area contributed by atoms with Crippen molar-refractivity contribution in [3.63, 3.8) is 0 Å². The molecule has 0 saturated carbocycles. The lowest BCUT2D eigenvalue weighted by Gasteiger charge is -2.24. The van der Waals surface area contributed by atoms with E-state index in [1.807, 2.05) is 36.2 Å². The summed E-state index contributed by atoms with van der Waals surface area (Å²) in [5, 5.41) is 4.52. The van der Waals surface area contributed by atoms with Gasteiger partial charge in [0, 0.05) is 38.4 Å². The number of methoxy groups -OCH3 is 1. The molecule has 0 N–H and O–H groups in total. The Hall–Kier alpha value is -2.34. The van der Waals surface area contributed by atoms with Gasteiger partial charge < -0.3 is 9.64 Å². The first-order valence-electron chi connectivity index (χ1n) is 9.23. The van der Waals surface area contributed by atoms with E-state index >= 15 is 0 Å². The Morgan fingerprint density at radius 3 is 2.69 bits per heavy atom. The van der Waals surface area contributed by atoms with Crippen LogP contribution >= 0.6 is 0 Å². The van der Waals surface area contributed by atoms with Gasteiger partial charge in [0.15, 0.2) is 5.69 Å². The number of aryl methyl sites for hydroxylation is 1. The van der Waals surface area contributed by atoms with Crippen LogP contribution in [-0.2, 0) is 0 Å². The van der Waals surface area contributed by atoms with Gasteiger partial charge in [-0.15, -0.1) is 0 Å². The van der Waals surface area contributed by atoms with E-state index in [0.29, 0.717) is 11.7 Å². The Balaban J connectivity index is 1.77.